The van der Waals surface area contributed by atoms with E-state index in [0.717, 1.165) is 18.8 Å². The first-order valence-electron chi connectivity index (χ1n) is 6.61. The first-order chi connectivity index (χ1) is 9.10. The van der Waals surface area contributed by atoms with Gasteiger partial charge in [0.05, 0.1) is 0 Å². The van der Waals surface area contributed by atoms with Crippen molar-refractivity contribution in [2.45, 2.75) is 38.6 Å². The second-order valence-electron chi connectivity index (χ2n) is 4.97. The number of carboxylic acids is 1. The molecule has 102 valence electrons. The van der Waals surface area contributed by atoms with E-state index in [0.29, 0.717) is 0 Å². The molecule has 19 heavy (non-hydrogen) atoms. The molecule has 1 unspecified atom stereocenters. The molecule has 1 fully saturated rings. The summed E-state index contributed by atoms with van der Waals surface area (Å²) in [6.07, 6.45) is 4.37. The van der Waals surface area contributed by atoms with Gasteiger partial charge < -0.3 is 10.4 Å². The van der Waals surface area contributed by atoms with Crippen molar-refractivity contribution in [3.63, 3.8) is 0 Å². The van der Waals surface area contributed by atoms with E-state index in [-0.39, 0.29) is 23.3 Å². The number of nitrogens with one attached hydrogen (secondary N) is 1. The van der Waals surface area contributed by atoms with E-state index in [1.54, 1.807) is 0 Å². The Bertz CT molecular complexity index is 483. The number of carboxylic acid groups (broad SMARTS) is 1. The molecule has 5 heteroatoms. The van der Waals surface area contributed by atoms with Crippen LogP contribution in [0.15, 0.2) is 18.2 Å². The molecule has 1 saturated carbocycles. The van der Waals surface area contributed by atoms with Crippen molar-refractivity contribution in [1.29, 1.82) is 0 Å². The summed E-state index contributed by atoms with van der Waals surface area (Å²) in [6, 6.07) is 4.59. The van der Waals surface area contributed by atoms with E-state index in [9.17, 15) is 9.59 Å². The van der Waals surface area contributed by atoms with Crippen LogP contribution in [0.5, 0.6) is 0 Å². The maximum Gasteiger partial charge on any atom is 0.354 e. The van der Waals surface area contributed by atoms with Crippen molar-refractivity contribution in [3.8, 4) is 0 Å². The zero-order valence-corrected chi connectivity index (χ0v) is 10.9. The highest BCUT2D eigenvalue weighted by Crippen LogP contribution is 2.34. The molecule has 1 aromatic rings. The van der Waals surface area contributed by atoms with Gasteiger partial charge in [0, 0.05) is 6.04 Å². The van der Waals surface area contributed by atoms with Crippen LogP contribution in [0.25, 0.3) is 0 Å². The van der Waals surface area contributed by atoms with Crippen LogP contribution in [-0.4, -0.2) is 28.0 Å². The van der Waals surface area contributed by atoms with Crippen molar-refractivity contribution in [2.75, 3.05) is 0 Å². The Balaban J connectivity index is 2.01. The van der Waals surface area contributed by atoms with Crippen LogP contribution in [0.4, 0.5) is 0 Å². The lowest BCUT2D eigenvalue weighted by Crippen LogP contribution is -2.35. The summed E-state index contributed by atoms with van der Waals surface area (Å²) in [5.41, 5.74) is 0.0528. The summed E-state index contributed by atoms with van der Waals surface area (Å²) in [6.45, 7) is 2.04. The Kier molecular flexibility index (Phi) is 4.14. The smallest absolute Gasteiger partial charge is 0.354 e. The lowest BCUT2D eigenvalue weighted by atomic mass is 10.1. The number of amides is 1. The van der Waals surface area contributed by atoms with Gasteiger partial charge in [0.2, 0.25) is 0 Å². The maximum absolute atomic E-state index is 12.0. The van der Waals surface area contributed by atoms with Gasteiger partial charge >= 0.3 is 5.97 Å². The fraction of sp³-hybridized carbons (Fsp3) is 0.500. The predicted molar refractivity (Wildman–Crippen MR) is 70.1 cm³/mol. The van der Waals surface area contributed by atoms with Crippen LogP contribution >= 0.6 is 0 Å². The SMILES string of the molecule is CCC(CC1CC1)NC(=O)c1cccc(C(=O)O)n1. The monoisotopic (exact) mass is 262 g/mol. The highest BCUT2D eigenvalue weighted by Gasteiger charge is 2.26. The summed E-state index contributed by atoms with van der Waals surface area (Å²) in [7, 11) is 0. The molecular formula is C14H18N2O3. The molecule has 5 nitrogen and oxygen atoms in total. The van der Waals surface area contributed by atoms with Crippen molar-refractivity contribution in [1.82, 2.24) is 10.3 Å². The van der Waals surface area contributed by atoms with Crippen LogP contribution in [0.2, 0.25) is 0 Å². The van der Waals surface area contributed by atoms with Crippen LogP contribution in [0.3, 0.4) is 0 Å². The maximum atomic E-state index is 12.0. The Morgan fingerprint density at radius 1 is 1.42 bits per heavy atom. The Hall–Kier alpha value is -1.91. The standard InChI is InChI=1S/C14H18N2O3/c1-2-10(8-9-6-7-9)15-13(17)11-4-3-5-12(16-11)14(18)19/h3-5,9-10H,2,6-8H2,1H3,(H,15,17)(H,18,19). The minimum absolute atomic E-state index is 0.108. The fourth-order valence-corrected chi connectivity index (χ4v) is 2.02. The summed E-state index contributed by atoms with van der Waals surface area (Å²) < 4.78 is 0. The van der Waals surface area contributed by atoms with Crippen molar-refractivity contribution >= 4 is 11.9 Å². The van der Waals surface area contributed by atoms with Gasteiger partial charge in [-0.25, -0.2) is 9.78 Å². The van der Waals surface area contributed by atoms with E-state index < -0.39 is 5.97 Å². The third-order valence-electron chi connectivity index (χ3n) is 3.34. The van der Waals surface area contributed by atoms with Gasteiger partial charge in [-0.2, -0.15) is 0 Å². The Morgan fingerprint density at radius 3 is 2.68 bits per heavy atom. The number of aromatic carboxylic acids is 1. The number of hydrogen-bond donors (Lipinski definition) is 2. The molecule has 2 rings (SSSR count). The molecule has 0 aliphatic heterocycles. The third kappa shape index (κ3) is 3.77. The number of aromatic nitrogens is 1. The first kappa shape index (κ1) is 13.5. The second kappa shape index (κ2) is 5.82. The summed E-state index contributed by atoms with van der Waals surface area (Å²) in [5, 5.41) is 11.8. The largest absolute Gasteiger partial charge is 0.477 e. The minimum atomic E-state index is -1.13. The van der Waals surface area contributed by atoms with Crippen LogP contribution in [-0.2, 0) is 0 Å². The number of nitrogens with zero attached hydrogens (tertiary/aromatic N) is 1. The topological polar surface area (TPSA) is 79.3 Å². The van der Waals surface area contributed by atoms with Gasteiger partial charge in [0.25, 0.3) is 5.91 Å². The molecule has 0 saturated heterocycles. The molecule has 0 aromatic carbocycles. The molecule has 1 aliphatic carbocycles. The molecule has 0 spiro atoms. The summed E-state index contributed by atoms with van der Waals surface area (Å²) in [5.74, 6) is -0.682. The fourth-order valence-electron chi connectivity index (χ4n) is 2.02. The highest BCUT2D eigenvalue weighted by molar-refractivity contribution is 5.94. The van der Waals surface area contributed by atoms with Gasteiger partial charge in [0.15, 0.2) is 0 Å². The highest BCUT2D eigenvalue weighted by atomic mass is 16.4. The molecule has 1 aliphatic rings. The van der Waals surface area contributed by atoms with Crippen molar-refractivity contribution < 1.29 is 14.7 Å². The molecule has 1 amide bonds. The van der Waals surface area contributed by atoms with Gasteiger partial charge in [0.1, 0.15) is 11.4 Å². The van der Waals surface area contributed by atoms with Gasteiger partial charge in [-0.05, 0) is 30.9 Å². The molecule has 2 N–H and O–H groups in total. The lowest BCUT2D eigenvalue weighted by Gasteiger charge is -2.16. The first-order valence-corrected chi connectivity index (χ1v) is 6.61. The average Bonchev–Trinajstić information content (AvgIpc) is 3.22. The molecule has 1 aromatic heterocycles. The minimum Gasteiger partial charge on any atom is -0.477 e. The average molecular weight is 262 g/mol. The molecule has 0 bridgehead atoms. The molecule has 1 atom stereocenters. The Labute approximate surface area is 112 Å². The quantitative estimate of drug-likeness (QED) is 0.822. The van der Waals surface area contributed by atoms with Crippen molar-refractivity contribution in [2.24, 2.45) is 5.92 Å². The summed E-state index contributed by atoms with van der Waals surface area (Å²) >= 11 is 0. The summed E-state index contributed by atoms with van der Waals surface area (Å²) in [4.78, 5) is 26.7. The van der Waals surface area contributed by atoms with Crippen molar-refractivity contribution in [3.05, 3.63) is 29.6 Å². The number of pyridine rings is 1. The van der Waals surface area contributed by atoms with Crippen LogP contribution in [0, 0.1) is 5.92 Å². The van der Waals surface area contributed by atoms with E-state index in [2.05, 4.69) is 10.3 Å². The number of carbonyl (C=O) groups excluding carboxylic acids is 1. The Morgan fingerprint density at radius 2 is 2.11 bits per heavy atom. The van der Waals surface area contributed by atoms with Crippen LogP contribution < -0.4 is 5.32 Å². The van der Waals surface area contributed by atoms with Gasteiger partial charge in [-0.3, -0.25) is 4.79 Å². The normalized spacial score (nSPS) is 15.8. The zero-order chi connectivity index (χ0) is 13.8. The molecule has 1 heterocycles. The molecular weight excluding hydrogens is 244 g/mol. The molecule has 0 radical (unpaired) electrons. The van der Waals surface area contributed by atoms with E-state index >= 15 is 0 Å². The lowest BCUT2D eigenvalue weighted by molar-refractivity contribution is 0.0690. The van der Waals surface area contributed by atoms with E-state index in [4.69, 9.17) is 5.11 Å². The number of carbonyl (C=O) groups is 2. The zero-order valence-electron chi connectivity index (χ0n) is 10.9. The van der Waals surface area contributed by atoms with Gasteiger partial charge in [-0.15, -0.1) is 0 Å². The van der Waals surface area contributed by atoms with Crippen LogP contribution in [0.1, 0.15) is 53.6 Å². The van der Waals surface area contributed by atoms with E-state index in [1.807, 2.05) is 6.92 Å². The van der Waals surface area contributed by atoms with E-state index in [1.165, 1.54) is 31.0 Å². The predicted octanol–water partition coefficient (Wildman–Crippen LogP) is 2.09. The van der Waals surface area contributed by atoms with Gasteiger partial charge in [-0.1, -0.05) is 25.8 Å². The third-order valence-corrected chi connectivity index (χ3v) is 3.34. The second-order valence-corrected chi connectivity index (χ2v) is 4.97. The number of rotatable bonds is 6. The number of hydrogen-bond acceptors (Lipinski definition) is 3.